The van der Waals surface area contributed by atoms with Crippen molar-refractivity contribution < 1.29 is 27.1 Å². The van der Waals surface area contributed by atoms with Gasteiger partial charge in [-0.15, -0.1) is 0 Å². The zero-order chi connectivity index (χ0) is 21.3. The maximum atomic E-state index is 11.4. The van der Waals surface area contributed by atoms with Crippen molar-refractivity contribution in [3.05, 3.63) is 52.5 Å². The normalized spacial score (nSPS) is 11.9. The predicted molar refractivity (Wildman–Crippen MR) is 112 cm³/mol. The summed E-state index contributed by atoms with van der Waals surface area (Å²) in [5, 5.41) is 0. The first kappa shape index (κ1) is 24.4. The van der Waals surface area contributed by atoms with E-state index in [0.717, 1.165) is 22.5 Å². The summed E-state index contributed by atoms with van der Waals surface area (Å²) in [5.41, 5.74) is 5.67. The van der Waals surface area contributed by atoms with E-state index in [9.17, 15) is 4.79 Å². The molecule has 0 N–H and O–H groups in total. The SMILES string of the molecule is CCOC(=O)/N=C(\C)c1ccc(C(C)=Nc2c(C)cc(C)cc2C)o1.[Cl][Fe][Cl]. The summed E-state index contributed by atoms with van der Waals surface area (Å²) in [7, 11) is 9.53. The average molecular weight is 467 g/mol. The topological polar surface area (TPSA) is 64.2 Å². The van der Waals surface area contributed by atoms with Gasteiger partial charge in [-0.1, -0.05) is 17.7 Å². The molecular weight excluding hydrogens is 443 g/mol. The summed E-state index contributed by atoms with van der Waals surface area (Å²) in [4.78, 5) is 20.0. The molecule has 0 fully saturated rings. The van der Waals surface area contributed by atoms with Gasteiger partial charge < -0.3 is 9.15 Å². The Morgan fingerprint density at radius 3 is 2.07 bits per heavy atom. The Bertz CT molecular complexity index is 853. The van der Waals surface area contributed by atoms with Gasteiger partial charge in [0, 0.05) is 0 Å². The number of ether oxygens (including phenoxy) is 1. The van der Waals surface area contributed by atoms with Gasteiger partial charge in [0.2, 0.25) is 0 Å². The number of benzene rings is 1. The molecule has 1 aromatic heterocycles. The molecule has 0 unspecified atom stereocenters. The third kappa shape index (κ3) is 7.44. The molecule has 0 spiro atoms. The number of rotatable bonds is 4. The van der Waals surface area contributed by atoms with Crippen molar-refractivity contribution in [1.29, 1.82) is 0 Å². The van der Waals surface area contributed by atoms with Crippen LogP contribution in [0.3, 0.4) is 0 Å². The molecule has 1 amide bonds. The van der Waals surface area contributed by atoms with Crippen LogP contribution in [0.2, 0.25) is 0 Å². The number of amides is 1. The van der Waals surface area contributed by atoms with Gasteiger partial charge in [0.05, 0.1) is 23.7 Å². The molecule has 2 aromatic rings. The molecule has 28 heavy (non-hydrogen) atoms. The van der Waals surface area contributed by atoms with Crippen molar-refractivity contribution in [3.8, 4) is 0 Å². The number of carbonyl (C=O) groups is 1. The number of halogens is 2. The Morgan fingerprint density at radius 2 is 1.57 bits per heavy atom. The maximum absolute atomic E-state index is 11.4. The van der Waals surface area contributed by atoms with Gasteiger partial charge in [0.25, 0.3) is 0 Å². The fourth-order valence-electron chi connectivity index (χ4n) is 2.65. The molecule has 154 valence electrons. The zero-order valence-electron chi connectivity index (χ0n) is 16.7. The first-order valence-corrected chi connectivity index (χ1v) is 11.6. The molecule has 0 aliphatic heterocycles. The van der Waals surface area contributed by atoms with E-state index in [1.165, 1.54) is 5.56 Å². The van der Waals surface area contributed by atoms with Crippen molar-refractivity contribution >= 4 is 43.4 Å². The van der Waals surface area contributed by atoms with Gasteiger partial charge in [0.1, 0.15) is 11.5 Å². The van der Waals surface area contributed by atoms with Crippen molar-refractivity contribution in [2.24, 2.45) is 9.98 Å². The number of carbonyl (C=O) groups excluding carboxylic acids is 1. The molecule has 5 nitrogen and oxygen atoms in total. The van der Waals surface area contributed by atoms with Crippen LogP contribution in [-0.2, 0) is 17.9 Å². The van der Waals surface area contributed by atoms with E-state index >= 15 is 0 Å². The Kier molecular flexibility index (Phi) is 10.5. The van der Waals surface area contributed by atoms with Gasteiger partial charge in [-0.2, -0.15) is 4.99 Å². The number of aliphatic imine (C=N–C) groups is 2. The molecule has 0 saturated carbocycles. The molecule has 1 heterocycles. The summed E-state index contributed by atoms with van der Waals surface area (Å²) in [6.07, 6.45) is -0.616. The standard InChI is InChI=1S/C20H24N2O3.2ClH.Fe/c1-7-24-20(23)22-16(6)18-9-8-17(25-18)15(5)21-19-13(3)10-12(2)11-14(19)4;;;/h8-11H,7H2,1-6H3;2*1H;/q;;;+2/p-2/b21-15?,22-16+;;;. The number of nitrogens with zero attached hydrogens (tertiary/aromatic N) is 2. The van der Waals surface area contributed by atoms with Gasteiger partial charge in [-0.3, -0.25) is 0 Å². The van der Waals surface area contributed by atoms with Crippen LogP contribution < -0.4 is 0 Å². The van der Waals surface area contributed by atoms with Gasteiger partial charge in [0.15, 0.2) is 0 Å². The van der Waals surface area contributed by atoms with E-state index in [-0.39, 0.29) is 13.1 Å². The van der Waals surface area contributed by atoms with Crippen LogP contribution in [0.15, 0.2) is 38.7 Å². The van der Waals surface area contributed by atoms with E-state index in [1.54, 1.807) is 19.9 Å². The Morgan fingerprint density at radius 1 is 1.07 bits per heavy atom. The molecule has 2 rings (SSSR count). The van der Waals surface area contributed by atoms with Crippen LogP contribution in [0, 0.1) is 20.8 Å². The Hall–Kier alpha value is -1.59. The van der Waals surface area contributed by atoms with Crippen molar-refractivity contribution in [2.75, 3.05) is 6.61 Å². The molecular formula is C20H24Cl2FeN2O3. The van der Waals surface area contributed by atoms with Gasteiger partial charge in [-0.05, 0) is 64.8 Å². The second kappa shape index (κ2) is 12.1. The molecule has 0 aliphatic carbocycles. The van der Waals surface area contributed by atoms with E-state index < -0.39 is 6.09 Å². The van der Waals surface area contributed by atoms with Crippen LogP contribution in [0.25, 0.3) is 0 Å². The summed E-state index contributed by atoms with van der Waals surface area (Å²) in [6, 6.07) is 7.84. The first-order chi connectivity index (χ1) is 13.2. The summed E-state index contributed by atoms with van der Waals surface area (Å²) < 4.78 is 10.6. The fraction of sp³-hybridized carbons (Fsp3) is 0.350. The van der Waals surface area contributed by atoms with Crippen molar-refractivity contribution in [1.82, 2.24) is 0 Å². The minimum atomic E-state index is -0.616. The molecule has 0 aliphatic rings. The molecule has 8 heteroatoms. The Balaban J connectivity index is 0.00000122. The Labute approximate surface area is 180 Å². The van der Waals surface area contributed by atoms with Crippen molar-refractivity contribution in [3.63, 3.8) is 0 Å². The minimum absolute atomic E-state index is 0.194. The average Bonchev–Trinajstić information content (AvgIpc) is 3.09. The van der Waals surface area contributed by atoms with E-state index in [0.29, 0.717) is 23.8 Å². The number of hydrogen-bond acceptors (Lipinski definition) is 4. The monoisotopic (exact) mass is 466 g/mol. The fourth-order valence-corrected chi connectivity index (χ4v) is 2.65. The zero-order valence-corrected chi connectivity index (χ0v) is 19.4. The van der Waals surface area contributed by atoms with E-state index in [2.05, 4.69) is 37.9 Å². The second-order valence-electron chi connectivity index (χ2n) is 6.06. The molecule has 0 bridgehead atoms. The van der Waals surface area contributed by atoms with Gasteiger partial charge >= 0.3 is 39.4 Å². The van der Waals surface area contributed by atoms with Crippen LogP contribution in [0.5, 0.6) is 0 Å². The van der Waals surface area contributed by atoms with E-state index in [1.807, 2.05) is 13.0 Å². The third-order valence-corrected chi connectivity index (χ3v) is 3.76. The number of aryl methyl sites for hydroxylation is 3. The van der Waals surface area contributed by atoms with Crippen LogP contribution in [0.4, 0.5) is 10.5 Å². The molecule has 0 atom stereocenters. The number of furan rings is 1. The first-order valence-electron chi connectivity index (χ1n) is 8.54. The second-order valence-corrected chi connectivity index (χ2v) is 7.88. The summed E-state index contributed by atoms with van der Waals surface area (Å²) in [6.45, 7) is 11.8. The van der Waals surface area contributed by atoms with Crippen LogP contribution in [0.1, 0.15) is 49.0 Å². The summed E-state index contributed by atoms with van der Waals surface area (Å²) in [5.74, 6) is 1.17. The summed E-state index contributed by atoms with van der Waals surface area (Å²) >= 11 is 0.194. The molecule has 0 saturated heterocycles. The van der Waals surface area contributed by atoms with Gasteiger partial charge in [-0.25, -0.2) is 9.79 Å². The molecule has 0 radical (unpaired) electrons. The predicted octanol–water partition coefficient (Wildman–Crippen LogP) is 6.69. The quantitative estimate of drug-likeness (QED) is 0.372. The number of hydrogen-bond donors (Lipinski definition) is 0. The third-order valence-electron chi connectivity index (χ3n) is 3.76. The molecule has 1 aromatic carbocycles. The van der Waals surface area contributed by atoms with Crippen LogP contribution in [-0.4, -0.2) is 24.1 Å². The van der Waals surface area contributed by atoms with Crippen LogP contribution >= 0.6 is 20.2 Å². The van der Waals surface area contributed by atoms with Crippen molar-refractivity contribution in [2.45, 2.75) is 41.5 Å². The van der Waals surface area contributed by atoms with E-state index in [4.69, 9.17) is 34.3 Å².